The number of urea groups is 1. The second kappa shape index (κ2) is 13.7. The lowest BCUT2D eigenvalue weighted by Crippen LogP contribution is -2.54. The zero-order valence-electron chi connectivity index (χ0n) is 22.3. The maximum absolute atomic E-state index is 13.3. The van der Waals surface area contributed by atoms with E-state index < -0.39 is 23.8 Å². The number of amides is 5. The Morgan fingerprint density at radius 1 is 0.952 bits per heavy atom. The molecule has 3 aromatic rings. The van der Waals surface area contributed by atoms with Gasteiger partial charge in [0.25, 0.3) is 17.7 Å². The molecule has 1 saturated heterocycles. The van der Waals surface area contributed by atoms with Gasteiger partial charge in [0.1, 0.15) is 11.3 Å². The molecule has 10 nitrogen and oxygen atoms in total. The van der Waals surface area contributed by atoms with E-state index in [0.29, 0.717) is 38.1 Å². The summed E-state index contributed by atoms with van der Waals surface area (Å²) in [5.41, 5.74) is 0.834. The summed E-state index contributed by atoms with van der Waals surface area (Å²) in [5, 5.41) is 5.50. The zero-order valence-corrected chi connectivity index (χ0v) is 25.4. The first-order valence-electron chi connectivity index (χ1n) is 12.6. The molecular weight excluding hydrogens is 653 g/mol. The maximum Gasteiger partial charge on any atom is 0.335 e. The van der Waals surface area contributed by atoms with E-state index in [1.807, 2.05) is 6.92 Å². The van der Waals surface area contributed by atoms with Gasteiger partial charge in [0.15, 0.2) is 18.1 Å². The zero-order chi connectivity index (χ0) is 30.4. The molecule has 5 amide bonds. The van der Waals surface area contributed by atoms with Crippen LogP contribution in [0.4, 0.5) is 16.2 Å². The Labute approximate surface area is 259 Å². The molecule has 0 saturated carbocycles. The number of carbonyl (C=O) groups is 4. The third kappa shape index (κ3) is 7.22. The van der Waals surface area contributed by atoms with Crippen LogP contribution in [0.5, 0.6) is 17.2 Å². The number of anilines is 2. The van der Waals surface area contributed by atoms with Gasteiger partial charge in [-0.3, -0.25) is 19.7 Å². The molecule has 0 aromatic heterocycles. The number of carbonyl (C=O) groups excluding carboxylic acids is 4. The molecule has 13 heteroatoms. The quantitative estimate of drug-likeness (QED) is 0.193. The summed E-state index contributed by atoms with van der Waals surface area (Å²) < 4.78 is 17.3. The number of hydrogen-bond donors (Lipinski definition) is 2. The molecule has 0 spiro atoms. The summed E-state index contributed by atoms with van der Waals surface area (Å²) in [7, 11) is 0. The van der Waals surface area contributed by atoms with Crippen molar-refractivity contribution < 1.29 is 33.4 Å². The number of nitrogens with zero attached hydrogens (tertiary/aromatic N) is 1. The van der Waals surface area contributed by atoms with Crippen LogP contribution in [0.1, 0.15) is 19.4 Å². The van der Waals surface area contributed by atoms with Gasteiger partial charge in [-0.25, -0.2) is 9.69 Å². The average Bonchev–Trinajstić information content (AvgIpc) is 2.94. The van der Waals surface area contributed by atoms with Crippen molar-refractivity contribution in [3.8, 4) is 17.2 Å². The molecule has 0 unspecified atom stereocenters. The van der Waals surface area contributed by atoms with Crippen LogP contribution in [0.25, 0.3) is 6.08 Å². The number of barbiturate groups is 1. The van der Waals surface area contributed by atoms with Gasteiger partial charge in [-0.1, -0.05) is 23.2 Å². The molecule has 1 aliphatic heterocycles. The highest BCUT2D eigenvalue weighted by atomic mass is 79.9. The molecule has 1 heterocycles. The van der Waals surface area contributed by atoms with Crippen molar-refractivity contribution in [2.45, 2.75) is 13.8 Å². The highest BCUT2D eigenvalue weighted by molar-refractivity contribution is 9.10. The van der Waals surface area contributed by atoms with Crippen LogP contribution in [-0.2, 0) is 14.4 Å². The third-order valence-electron chi connectivity index (χ3n) is 5.70. The lowest BCUT2D eigenvalue weighted by atomic mass is 10.1. The molecule has 4 rings (SSSR count). The molecule has 0 radical (unpaired) electrons. The molecule has 1 aliphatic rings. The SMILES string of the molecule is CCOc1ccc(N2C(=O)NC(=O)/C(=C\c3cc(Br)c(OCC(=O)Nc4ccc(Cl)c(Cl)c4)c(OCC)c3)C2=O)cc1. The maximum atomic E-state index is 13.3. The molecule has 0 aliphatic carbocycles. The number of rotatable bonds is 10. The van der Waals surface area contributed by atoms with E-state index >= 15 is 0 Å². The molecule has 42 heavy (non-hydrogen) atoms. The average molecular weight is 677 g/mol. The Bertz CT molecular complexity index is 1580. The summed E-state index contributed by atoms with van der Waals surface area (Å²) in [5.74, 6) is -1.06. The molecule has 1 fully saturated rings. The Kier molecular flexibility index (Phi) is 10.1. The van der Waals surface area contributed by atoms with E-state index in [0.717, 1.165) is 4.90 Å². The molecule has 218 valence electrons. The monoisotopic (exact) mass is 675 g/mol. The van der Waals surface area contributed by atoms with Crippen molar-refractivity contribution in [1.82, 2.24) is 5.32 Å². The molecule has 3 aromatic carbocycles. The highest BCUT2D eigenvalue weighted by Gasteiger charge is 2.37. The Morgan fingerprint density at radius 3 is 2.33 bits per heavy atom. The summed E-state index contributed by atoms with van der Waals surface area (Å²) in [6, 6.07) is 13.3. The van der Waals surface area contributed by atoms with Crippen molar-refractivity contribution in [2.24, 2.45) is 0 Å². The van der Waals surface area contributed by atoms with Crippen LogP contribution in [-0.4, -0.2) is 43.6 Å². The summed E-state index contributed by atoms with van der Waals surface area (Å²) in [4.78, 5) is 51.9. The third-order valence-corrected chi connectivity index (χ3v) is 7.03. The van der Waals surface area contributed by atoms with Crippen molar-refractivity contribution >= 4 is 80.3 Å². The van der Waals surface area contributed by atoms with E-state index in [1.54, 1.807) is 55.5 Å². The van der Waals surface area contributed by atoms with Crippen LogP contribution in [0.2, 0.25) is 10.0 Å². The van der Waals surface area contributed by atoms with Crippen LogP contribution >= 0.6 is 39.1 Å². The van der Waals surface area contributed by atoms with E-state index in [-0.39, 0.29) is 36.0 Å². The predicted molar refractivity (Wildman–Crippen MR) is 163 cm³/mol. The number of ether oxygens (including phenoxy) is 3. The first kappa shape index (κ1) is 30.9. The number of benzene rings is 3. The predicted octanol–water partition coefficient (Wildman–Crippen LogP) is 6.24. The highest BCUT2D eigenvalue weighted by Crippen LogP contribution is 2.38. The first-order valence-corrected chi connectivity index (χ1v) is 14.1. The summed E-state index contributed by atoms with van der Waals surface area (Å²) in [6.07, 6.45) is 1.33. The van der Waals surface area contributed by atoms with Gasteiger partial charge in [-0.15, -0.1) is 0 Å². The lowest BCUT2D eigenvalue weighted by molar-refractivity contribution is -0.122. The number of halogens is 3. The van der Waals surface area contributed by atoms with E-state index in [2.05, 4.69) is 26.6 Å². The van der Waals surface area contributed by atoms with Gasteiger partial charge in [0, 0.05) is 5.69 Å². The van der Waals surface area contributed by atoms with Crippen molar-refractivity contribution in [3.05, 3.63) is 80.3 Å². The van der Waals surface area contributed by atoms with Crippen LogP contribution < -0.4 is 29.7 Å². The molecule has 2 N–H and O–H groups in total. The fraction of sp³-hybridized carbons (Fsp3) is 0.172. The Morgan fingerprint density at radius 2 is 1.67 bits per heavy atom. The van der Waals surface area contributed by atoms with E-state index in [1.165, 1.54) is 12.1 Å². The van der Waals surface area contributed by atoms with Crippen LogP contribution in [0.3, 0.4) is 0 Å². The fourth-order valence-electron chi connectivity index (χ4n) is 3.90. The minimum Gasteiger partial charge on any atom is -0.494 e. The van der Waals surface area contributed by atoms with E-state index in [4.69, 9.17) is 37.4 Å². The van der Waals surface area contributed by atoms with Gasteiger partial charge >= 0.3 is 6.03 Å². The largest absolute Gasteiger partial charge is 0.494 e. The summed E-state index contributed by atoms with van der Waals surface area (Å²) in [6.45, 7) is 3.96. The smallest absolute Gasteiger partial charge is 0.335 e. The second-order valence-electron chi connectivity index (χ2n) is 8.61. The van der Waals surface area contributed by atoms with Gasteiger partial charge in [-0.05, 0) is 96.0 Å². The second-order valence-corrected chi connectivity index (χ2v) is 10.3. The van der Waals surface area contributed by atoms with Crippen LogP contribution in [0, 0.1) is 0 Å². The molecule has 0 atom stereocenters. The van der Waals surface area contributed by atoms with Gasteiger partial charge in [0.05, 0.1) is 33.4 Å². The number of nitrogens with one attached hydrogen (secondary N) is 2. The van der Waals surface area contributed by atoms with Gasteiger partial charge in [0.2, 0.25) is 0 Å². The normalized spacial score (nSPS) is 14.1. The van der Waals surface area contributed by atoms with Crippen molar-refractivity contribution in [1.29, 1.82) is 0 Å². The first-order chi connectivity index (χ1) is 20.1. The lowest BCUT2D eigenvalue weighted by Gasteiger charge is -2.26. The minimum atomic E-state index is -0.870. The van der Waals surface area contributed by atoms with Crippen LogP contribution in [0.15, 0.2) is 64.6 Å². The Balaban J connectivity index is 1.56. The summed E-state index contributed by atoms with van der Waals surface area (Å²) >= 11 is 15.3. The van der Waals surface area contributed by atoms with Crippen molar-refractivity contribution in [2.75, 3.05) is 30.0 Å². The number of imide groups is 2. The van der Waals surface area contributed by atoms with Crippen molar-refractivity contribution in [3.63, 3.8) is 0 Å². The molecular formula is C29H24BrCl2N3O7. The Hall–Kier alpha value is -4.06. The topological polar surface area (TPSA) is 123 Å². The fourth-order valence-corrected chi connectivity index (χ4v) is 4.77. The minimum absolute atomic E-state index is 0.230. The molecule has 0 bridgehead atoms. The van der Waals surface area contributed by atoms with Gasteiger partial charge in [-0.2, -0.15) is 0 Å². The number of hydrogen-bond acceptors (Lipinski definition) is 7. The standard InChI is InChI=1S/C29H24BrCl2N3O7/c1-3-40-19-8-6-18(7-9-19)35-28(38)20(27(37)34-29(35)39)11-16-12-21(30)26(24(13-16)41-4-2)42-15-25(36)33-17-5-10-22(31)23(32)14-17/h5-14H,3-4,15H2,1-2H3,(H,33,36)(H,34,37,39)/b20-11+. The van der Waals surface area contributed by atoms with E-state index in [9.17, 15) is 19.2 Å². The van der Waals surface area contributed by atoms with Gasteiger partial charge < -0.3 is 19.5 Å².